The van der Waals surface area contributed by atoms with Crippen LogP contribution in [0.2, 0.25) is 0 Å². The van der Waals surface area contributed by atoms with E-state index in [0.29, 0.717) is 5.39 Å². The highest BCUT2D eigenvalue weighted by Gasteiger charge is 2.17. The molecule has 3 nitrogen and oxygen atoms in total. The molecule has 0 unspecified atom stereocenters. The molecular weight excluding hydrogens is 226 g/mol. The molecule has 2 N–H and O–H groups in total. The fourth-order valence-electron chi connectivity index (χ4n) is 1.36. The molecule has 1 amide bonds. The highest BCUT2D eigenvalue weighted by molar-refractivity contribution is 6.22. The van der Waals surface area contributed by atoms with E-state index >= 15 is 0 Å². The normalized spacial score (nSPS) is 10.9. The Morgan fingerprint density at radius 1 is 1.40 bits per heavy atom. The molecule has 1 aromatic heterocycles. The molecule has 78 valence electrons. The Morgan fingerprint density at radius 3 is 2.67 bits per heavy atom. The fourth-order valence-corrected chi connectivity index (χ4v) is 1.67. The maximum absolute atomic E-state index is 13.3. The van der Waals surface area contributed by atoms with Gasteiger partial charge in [0.2, 0.25) is 0 Å². The molecule has 0 aliphatic rings. The molecule has 2 aromatic rings. The van der Waals surface area contributed by atoms with Gasteiger partial charge in [0, 0.05) is 17.2 Å². The zero-order chi connectivity index (χ0) is 11.2. The molecule has 0 bridgehead atoms. The Hall–Kier alpha value is -1.62. The van der Waals surface area contributed by atoms with Crippen LogP contribution in [-0.2, 0) is 0 Å². The van der Waals surface area contributed by atoms with Gasteiger partial charge in [-0.15, -0.1) is 0 Å². The Balaban J connectivity index is 2.89. The van der Waals surface area contributed by atoms with Gasteiger partial charge in [-0.25, -0.2) is 12.9 Å². The number of nitrogens with two attached hydrogens (primary N) is 1. The number of carbonyl (C=O) groups is 1. The number of aromatic nitrogens is 1. The van der Waals surface area contributed by atoms with E-state index in [1.807, 2.05) is 0 Å². The molecule has 15 heavy (non-hydrogen) atoms. The summed E-state index contributed by atoms with van der Waals surface area (Å²) < 4.78 is 26.9. The van der Waals surface area contributed by atoms with Crippen molar-refractivity contribution < 1.29 is 13.6 Å². The van der Waals surface area contributed by atoms with Crippen LogP contribution in [0, 0.1) is 11.6 Å². The van der Waals surface area contributed by atoms with Crippen molar-refractivity contribution in [3.63, 3.8) is 0 Å². The maximum Gasteiger partial charge on any atom is 0.266 e. The summed E-state index contributed by atoms with van der Waals surface area (Å²) in [5.74, 6) is -2.94. The Morgan fingerprint density at radius 2 is 2.07 bits per heavy atom. The molecule has 0 fully saturated rings. The lowest BCUT2D eigenvalue weighted by Gasteiger charge is -1.98. The summed E-state index contributed by atoms with van der Waals surface area (Å²) in [7, 11) is 0. The molecule has 6 heteroatoms. The van der Waals surface area contributed by atoms with Crippen LogP contribution < -0.4 is 5.73 Å². The SMILES string of the molecule is NC(=O)c1cc2ccc(F)c(F)c2n1Cl. The van der Waals surface area contributed by atoms with Gasteiger partial charge >= 0.3 is 0 Å². The smallest absolute Gasteiger partial charge is 0.266 e. The van der Waals surface area contributed by atoms with Crippen LogP contribution >= 0.6 is 11.8 Å². The summed E-state index contributed by atoms with van der Waals surface area (Å²) in [4.78, 5) is 10.9. The van der Waals surface area contributed by atoms with Crippen LogP contribution in [0.3, 0.4) is 0 Å². The van der Waals surface area contributed by atoms with E-state index in [1.54, 1.807) is 0 Å². The van der Waals surface area contributed by atoms with Crippen molar-refractivity contribution >= 4 is 28.6 Å². The van der Waals surface area contributed by atoms with Crippen molar-refractivity contribution in [2.24, 2.45) is 5.73 Å². The number of hydrogen-bond donors (Lipinski definition) is 1. The van der Waals surface area contributed by atoms with Gasteiger partial charge in [-0.1, -0.05) is 0 Å². The summed E-state index contributed by atoms with van der Waals surface area (Å²) in [6, 6.07) is 3.57. The molecule has 1 heterocycles. The van der Waals surface area contributed by atoms with Crippen LogP contribution in [-0.4, -0.2) is 9.99 Å². The number of hydrogen-bond acceptors (Lipinski definition) is 1. The standard InChI is InChI=1S/C9H5ClF2N2O/c10-14-6(9(13)15)3-4-1-2-5(11)7(12)8(4)14/h1-3H,(H2,13,15). The number of amides is 1. The second-order valence-corrected chi connectivity index (χ2v) is 3.31. The van der Waals surface area contributed by atoms with E-state index in [0.717, 1.165) is 10.2 Å². The number of fused-ring (bicyclic) bond motifs is 1. The number of benzene rings is 1. The fraction of sp³-hybridized carbons (Fsp3) is 0. The van der Waals surface area contributed by atoms with E-state index in [1.165, 1.54) is 12.1 Å². The third-order valence-corrected chi connectivity index (χ3v) is 2.40. The Bertz CT molecular complexity index is 565. The van der Waals surface area contributed by atoms with Crippen LogP contribution in [0.15, 0.2) is 18.2 Å². The zero-order valence-electron chi connectivity index (χ0n) is 7.30. The third-order valence-electron chi connectivity index (χ3n) is 2.05. The number of halogens is 3. The van der Waals surface area contributed by atoms with Crippen molar-refractivity contribution in [2.75, 3.05) is 0 Å². The molecule has 2 rings (SSSR count). The molecule has 1 aromatic carbocycles. The summed E-state index contributed by atoms with van der Waals surface area (Å²) in [6.45, 7) is 0. The second-order valence-electron chi connectivity index (χ2n) is 2.97. The molecule has 0 radical (unpaired) electrons. The largest absolute Gasteiger partial charge is 0.364 e. The highest BCUT2D eigenvalue weighted by Crippen LogP contribution is 2.25. The number of rotatable bonds is 1. The summed E-state index contributed by atoms with van der Waals surface area (Å²) >= 11 is 5.64. The maximum atomic E-state index is 13.3. The minimum Gasteiger partial charge on any atom is -0.364 e. The zero-order valence-corrected chi connectivity index (χ0v) is 8.05. The summed E-state index contributed by atoms with van der Waals surface area (Å²) in [5.41, 5.74) is 4.73. The first kappa shape index (κ1) is 9.92. The van der Waals surface area contributed by atoms with Crippen LogP contribution in [0.25, 0.3) is 10.9 Å². The Labute approximate surface area is 88.1 Å². The van der Waals surface area contributed by atoms with Gasteiger partial charge in [0.1, 0.15) is 11.2 Å². The molecule has 0 spiro atoms. The van der Waals surface area contributed by atoms with Gasteiger partial charge < -0.3 is 5.73 Å². The lowest BCUT2D eigenvalue weighted by atomic mass is 10.2. The highest BCUT2D eigenvalue weighted by atomic mass is 35.5. The lowest BCUT2D eigenvalue weighted by molar-refractivity contribution is 0.0995. The van der Waals surface area contributed by atoms with Crippen molar-refractivity contribution in [2.45, 2.75) is 0 Å². The molecular formula is C9H5ClF2N2O. The Kier molecular flexibility index (Phi) is 2.12. The van der Waals surface area contributed by atoms with E-state index in [2.05, 4.69) is 0 Å². The van der Waals surface area contributed by atoms with E-state index in [-0.39, 0.29) is 11.2 Å². The van der Waals surface area contributed by atoms with Crippen molar-refractivity contribution in [1.82, 2.24) is 4.09 Å². The number of nitrogens with zero attached hydrogens (tertiary/aromatic N) is 1. The van der Waals surface area contributed by atoms with Crippen LogP contribution in [0.5, 0.6) is 0 Å². The molecule has 0 aliphatic carbocycles. The average molecular weight is 231 g/mol. The first-order valence-corrected chi connectivity index (χ1v) is 4.31. The number of primary amides is 1. The molecule has 0 atom stereocenters. The molecule has 0 saturated carbocycles. The molecule has 0 aliphatic heterocycles. The van der Waals surface area contributed by atoms with Gasteiger partial charge in [-0.2, -0.15) is 0 Å². The summed E-state index contributed by atoms with van der Waals surface area (Å²) in [6.07, 6.45) is 0. The van der Waals surface area contributed by atoms with Gasteiger partial charge in [0.05, 0.1) is 0 Å². The topological polar surface area (TPSA) is 48.0 Å². The van der Waals surface area contributed by atoms with Crippen LogP contribution in [0.4, 0.5) is 8.78 Å². The average Bonchev–Trinajstić information content (AvgIpc) is 2.50. The van der Waals surface area contributed by atoms with Crippen LogP contribution in [0.1, 0.15) is 10.5 Å². The van der Waals surface area contributed by atoms with Crippen molar-refractivity contribution in [3.05, 3.63) is 35.5 Å². The summed E-state index contributed by atoms with van der Waals surface area (Å²) in [5, 5.41) is 0.317. The number of carbonyl (C=O) groups excluding carboxylic acids is 1. The van der Waals surface area contributed by atoms with Gasteiger partial charge in [-0.3, -0.25) is 4.79 Å². The van der Waals surface area contributed by atoms with Gasteiger partial charge in [-0.05, 0) is 18.2 Å². The predicted molar refractivity (Wildman–Crippen MR) is 51.6 cm³/mol. The van der Waals surface area contributed by atoms with Gasteiger partial charge in [0.15, 0.2) is 11.6 Å². The van der Waals surface area contributed by atoms with Crippen molar-refractivity contribution in [3.8, 4) is 0 Å². The minimum absolute atomic E-state index is 0.0869. The molecule has 0 saturated heterocycles. The van der Waals surface area contributed by atoms with E-state index in [9.17, 15) is 13.6 Å². The third kappa shape index (κ3) is 1.35. The monoisotopic (exact) mass is 230 g/mol. The minimum atomic E-state index is -1.10. The van der Waals surface area contributed by atoms with E-state index < -0.39 is 17.5 Å². The van der Waals surface area contributed by atoms with Crippen molar-refractivity contribution in [1.29, 1.82) is 0 Å². The predicted octanol–water partition coefficient (Wildman–Crippen LogP) is 2.02. The van der Waals surface area contributed by atoms with E-state index in [4.69, 9.17) is 17.5 Å². The second kappa shape index (κ2) is 3.20. The first-order chi connectivity index (χ1) is 7.02. The quantitative estimate of drug-likeness (QED) is 0.801. The lowest BCUT2D eigenvalue weighted by Crippen LogP contribution is -2.13. The van der Waals surface area contributed by atoms with Gasteiger partial charge in [0.25, 0.3) is 5.91 Å². The first-order valence-electron chi connectivity index (χ1n) is 3.98.